The lowest BCUT2D eigenvalue weighted by Crippen LogP contribution is -2.43. The van der Waals surface area contributed by atoms with Crippen LogP contribution < -0.4 is 10.2 Å². The van der Waals surface area contributed by atoms with E-state index in [2.05, 4.69) is 0 Å². The van der Waals surface area contributed by atoms with E-state index in [4.69, 9.17) is 0 Å². The van der Waals surface area contributed by atoms with Gasteiger partial charge >= 0.3 is 0 Å². The van der Waals surface area contributed by atoms with Crippen LogP contribution in [0, 0.1) is 5.41 Å². The molecule has 11 heavy (non-hydrogen) atoms. The summed E-state index contributed by atoms with van der Waals surface area (Å²) in [6.07, 6.45) is -0.269. The number of carbonyl (C=O) groups excluding carboxylic acids is 2. The van der Waals surface area contributed by atoms with E-state index < -0.39 is 23.8 Å². The summed E-state index contributed by atoms with van der Waals surface area (Å²) in [5, 5.41) is 20.5. The summed E-state index contributed by atoms with van der Waals surface area (Å²) in [7, 11) is 0. The second-order valence-electron chi connectivity index (χ2n) is 2.75. The number of rotatable bonds is 4. The van der Waals surface area contributed by atoms with Crippen molar-refractivity contribution in [2.75, 3.05) is 0 Å². The Morgan fingerprint density at radius 2 is 1.82 bits per heavy atom. The fourth-order valence-corrected chi connectivity index (χ4v) is 0.660. The van der Waals surface area contributed by atoms with Crippen LogP contribution in [-0.4, -0.2) is 11.9 Å². The van der Waals surface area contributed by atoms with Gasteiger partial charge in [0.05, 0.1) is 0 Å². The van der Waals surface area contributed by atoms with Crippen molar-refractivity contribution in [2.24, 2.45) is 5.41 Å². The molecule has 0 radical (unpaired) electrons. The third kappa shape index (κ3) is 2.57. The third-order valence-electron chi connectivity index (χ3n) is 1.81. The molecule has 0 bridgehead atoms. The van der Waals surface area contributed by atoms with E-state index in [0.717, 1.165) is 0 Å². The van der Waals surface area contributed by atoms with Gasteiger partial charge in [0, 0.05) is 17.4 Å². The van der Waals surface area contributed by atoms with E-state index in [1.54, 1.807) is 6.92 Å². The van der Waals surface area contributed by atoms with E-state index in [0.29, 0.717) is 0 Å². The summed E-state index contributed by atoms with van der Waals surface area (Å²) in [6, 6.07) is 0. The lowest BCUT2D eigenvalue weighted by atomic mass is 9.84. The van der Waals surface area contributed by atoms with Gasteiger partial charge in [0.15, 0.2) is 0 Å². The monoisotopic (exact) mass is 158 g/mol. The fraction of sp³-hybridized carbons (Fsp3) is 0.714. The Labute approximate surface area is 64.8 Å². The molecule has 64 valence electrons. The van der Waals surface area contributed by atoms with Crippen LogP contribution in [0.5, 0.6) is 0 Å². The zero-order valence-corrected chi connectivity index (χ0v) is 6.55. The molecular formula is C7H10O4-2. The topological polar surface area (TPSA) is 80.3 Å². The average molecular weight is 158 g/mol. The Hall–Kier alpha value is -1.06. The molecule has 0 amide bonds. The van der Waals surface area contributed by atoms with E-state index in [1.165, 1.54) is 6.92 Å². The summed E-state index contributed by atoms with van der Waals surface area (Å²) in [4.78, 5) is 20.5. The highest BCUT2D eigenvalue weighted by Gasteiger charge is 2.23. The molecule has 0 aromatic rings. The van der Waals surface area contributed by atoms with Crippen LogP contribution in [0.1, 0.15) is 26.7 Å². The smallest absolute Gasteiger partial charge is 0.0477 e. The van der Waals surface area contributed by atoms with E-state index in [-0.39, 0.29) is 6.42 Å². The molecular weight excluding hydrogens is 148 g/mol. The molecule has 0 spiro atoms. The second-order valence-corrected chi connectivity index (χ2v) is 2.75. The Kier molecular flexibility index (Phi) is 3.04. The average Bonchev–Trinajstić information content (AvgIpc) is 1.86. The first-order chi connectivity index (χ1) is 4.92. The van der Waals surface area contributed by atoms with Gasteiger partial charge < -0.3 is 19.8 Å². The SMILES string of the molecule is CCC(C)(CC(=O)[O-])C(=O)[O-]. The summed E-state index contributed by atoms with van der Waals surface area (Å²) in [5.74, 6) is -2.71. The maximum Gasteiger partial charge on any atom is 0.0477 e. The Morgan fingerprint density at radius 3 is 1.91 bits per heavy atom. The van der Waals surface area contributed by atoms with Crippen molar-refractivity contribution in [1.82, 2.24) is 0 Å². The first-order valence-electron chi connectivity index (χ1n) is 3.33. The van der Waals surface area contributed by atoms with Crippen molar-refractivity contribution in [1.29, 1.82) is 0 Å². The van der Waals surface area contributed by atoms with Gasteiger partial charge in [0.1, 0.15) is 0 Å². The van der Waals surface area contributed by atoms with E-state index in [1.807, 2.05) is 0 Å². The van der Waals surface area contributed by atoms with Crippen LogP contribution in [-0.2, 0) is 9.59 Å². The van der Waals surface area contributed by atoms with Gasteiger partial charge in [-0.15, -0.1) is 0 Å². The maximum atomic E-state index is 10.4. The Balaban J connectivity index is 4.34. The Bertz CT molecular complexity index is 175. The number of hydrogen-bond acceptors (Lipinski definition) is 4. The third-order valence-corrected chi connectivity index (χ3v) is 1.81. The number of carbonyl (C=O) groups is 2. The van der Waals surface area contributed by atoms with Crippen LogP contribution in [0.15, 0.2) is 0 Å². The molecule has 0 aromatic carbocycles. The summed E-state index contributed by atoms with van der Waals surface area (Å²) >= 11 is 0. The lowest BCUT2D eigenvalue weighted by molar-refractivity contribution is -0.327. The lowest BCUT2D eigenvalue weighted by Gasteiger charge is -2.29. The van der Waals surface area contributed by atoms with Gasteiger partial charge in [0.2, 0.25) is 0 Å². The predicted octanol–water partition coefficient (Wildman–Crippen LogP) is -1.71. The van der Waals surface area contributed by atoms with Crippen LogP contribution in [0.2, 0.25) is 0 Å². The van der Waals surface area contributed by atoms with Crippen molar-refractivity contribution < 1.29 is 19.8 Å². The molecule has 0 aliphatic carbocycles. The molecule has 0 saturated carbocycles. The minimum atomic E-state index is -1.36. The number of aliphatic carboxylic acids is 2. The van der Waals surface area contributed by atoms with Crippen molar-refractivity contribution in [2.45, 2.75) is 26.7 Å². The quantitative estimate of drug-likeness (QED) is 0.488. The zero-order chi connectivity index (χ0) is 9.07. The van der Waals surface area contributed by atoms with Crippen molar-refractivity contribution in [3.8, 4) is 0 Å². The standard InChI is InChI=1S/C7H12O4/c1-3-7(2,6(10)11)4-5(8)9/h3-4H2,1-2H3,(H,8,9)(H,10,11)/p-2. The van der Waals surface area contributed by atoms with Crippen molar-refractivity contribution in [3.05, 3.63) is 0 Å². The molecule has 0 heterocycles. The predicted molar refractivity (Wildman–Crippen MR) is 33.0 cm³/mol. The largest absolute Gasteiger partial charge is 0.550 e. The molecule has 0 N–H and O–H groups in total. The molecule has 0 aliphatic rings. The molecule has 0 saturated heterocycles. The molecule has 0 rings (SSSR count). The minimum absolute atomic E-state index is 0.226. The van der Waals surface area contributed by atoms with Gasteiger partial charge in [-0.05, 0) is 12.8 Å². The van der Waals surface area contributed by atoms with Crippen molar-refractivity contribution >= 4 is 11.9 Å². The molecule has 4 nitrogen and oxygen atoms in total. The summed E-state index contributed by atoms with van der Waals surface area (Å²) < 4.78 is 0. The van der Waals surface area contributed by atoms with Gasteiger partial charge in [-0.1, -0.05) is 13.8 Å². The van der Waals surface area contributed by atoms with E-state index >= 15 is 0 Å². The van der Waals surface area contributed by atoms with Crippen LogP contribution in [0.4, 0.5) is 0 Å². The maximum absolute atomic E-state index is 10.4. The summed E-state index contributed by atoms with van der Waals surface area (Å²) in [6.45, 7) is 2.93. The number of carboxylic acid groups (broad SMARTS) is 2. The Morgan fingerprint density at radius 1 is 1.36 bits per heavy atom. The van der Waals surface area contributed by atoms with Crippen molar-refractivity contribution in [3.63, 3.8) is 0 Å². The van der Waals surface area contributed by atoms with Crippen LogP contribution >= 0.6 is 0 Å². The zero-order valence-electron chi connectivity index (χ0n) is 6.55. The fourth-order valence-electron chi connectivity index (χ4n) is 0.660. The highest BCUT2D eigenvalue weighted by molar-refractivity contribution is 5.78. The second kappa shape index (κ2) is 3.37. The first-order valence-corrected chi connectivity index (χ1v) is 3.33. The van der Waals surface area contributed by atoms with Gasteiger partial charge in [-0.25, -0.2) is 0 Å². The normalized spacial score (nSPS) is 15.5. The van der Waals surface area contributed by atoms with E-state index in [9.17, 15) is 19.8 Å². The molecule has 1 unspecified atom stereocenters. The highest BCUT2D eigenvalue weighted by atomic mass is 16.4. The van der Waals surface area contributed by atoms with Crippen LogP contribution in [0.25, 0.3) is 0 Å². The summed E-state index contributed by atoms with van der Waals surface area (Å²) in [5.41, 5.74) is -1.29. The first kappa shape index (κ1) is 9.94. The van der Waals surface area contributed by atoms with Gasteiger partial charge in [-0.3, -0.25) is 0 Å². The minimum Gasteiger partial charge on any atom is -0.550 e. The number of hydrogen-bond donors (Lipinski definition) is 0. The van der Waals surface area contributed by atoms with Crippen LogP contribution in [0.3, 0.4) is 0 Å². The molecule has 0 aromatic heterocycles. The van der Waals surface area contributed by atoms with Gasteiger partial charge in [0.25, 0.3) is 0 Å². The molecule has 4 heteroatoms. The molecule has 1 atom stereocenters. The van der Waals surface area contributed by atoms with Gasteiger partial charge in [-0.2, -0.15) is 0 Å². The highest BCUT2D eigenvalue weighted by Crippen LogP contribution is 2.23. The number of carboxylic acids is 2. The molecule has 0 aliphatic heterocycles. The molecule has 0 fully saturated rings.